The summed E-state index contributed by atoms with van der Waals surface area (Å²) >= 11 is 0. The summed E-state index contributed by atoms with van der Waals surface area (Å²) in [5.41, 5.74) is 0. The van der Waals surface area contributed by atoms with Gasteiger partial charge in [0.05, 0.1) is 24.8 Å². The Hall–Kier alpha value is -1.34. The molecule has 2 aliphatic rings. The van der Waals surface area contributed by atoms with Gasteiger partial charge in [-0.1, -0.05) is 0 Å². The van der Waals surface area contributed by atoms with Crippen LogP contribution in [0.1, 0.15) is 19.3 Å². The summed E-state index contributed by atoms with van der Waals surface area (Å²) in [4.78, 5) is 22.3. The second-order valence-corrected chi connectivity index (χ2v) is 4.63. The molecule has 0 aromatic carbocycles. The fraction of sp³-hybridized carbons (Fsp3) is 0.818. The van der Waals surface area contributed by atoms with Gasteiger partial charge in [-0.15, -0.1) is 0 Å². The predicted octanol–water partition coefficient (Wildman–Crippen LogP) is -0.295. The van der Waals surface area contributed by atoms with E-state index in [1.807, 2.05) is 0 Å². The maximum Gasteiger partial charge on any atom is 0.334 e. The van der Waals surface area contributed by atoms with Gasteiger partial charge < -0.3 is 25.2 Å². The monoisotopic (exact) mass is 258 g/mol. The van der Waals surface area contributed by atoms with Crippen molar-refractivity contribution in [3.8, 4) is 0 Å². The summed E-state index contributed by atoms with van der Waals surface area (Å²) in [6.45, 7) is -0.0562. The van der Waals surface area contributed by atoms with Gasteiger partial charge in [-0.25, -0.2) is 9.59 Å². The first kappa shape index (κ1) is 13.1. The lowest BCUT2D eigenvalue weighted by atomic mass is 9.96. The van der Waals surface area contributed by atoms with Crippen LogP contribution in [0, 0.1) is 0 Å². The number of amides is 2. The summed E-state index contributed by atoms with van der Waals surface area (Å²) in [6, 6.07) is -0.339. The molecule has 2 fully saturated rings. The van der Waals surface area contributed by atoms with E-state index >= 15 is 0 Å². The van der Waals surface area contributed by atoms with Crippen LogP contribution in [0.4, 0.5) is 4.79 Å². The van der Waals surface area contributed by atoms with E-state index in [2.05, 4.69) is 10.6 Å². The fourth-order valence-electron chi connectivity index (χ4n) is 2.47. The van der Waals surface area contributed by atoms with Crippen molar-refractivity contribution in [2.24, 2.45) is 0 Å². The molecule has 7 heteroatoms. The highest BCUT2D eigenvalue weighted by Gasteiger charge is 2.41. The third-order valence-electron chi connectivity index (χ3n) is 3.43. The number of nitrogens with one attached hydrogen (secondary N) is 2. The number of fused-ring (bicyclic) bond motifs is 2. The second kappa shape index (κ2) is 5.53. The van der Waals surface area contributed by atoms with Crippen molar-refractivity contribution in [1.82, 2.24) is 10.6 Å². The van der Waals surface area contributed by atoms with Crippen molar-refractivity contribution in [1.29, 1.82) is 0 Å². The van der Waals surface area contributed by atoms with Crippen LogP contribution in [0.3, 0.4) is 0 Å². The van der Waals surface area contributed by atoms with Gasteiger partial charge in [-0.05, 0) is 19.3 Å². The third-order valence-corrected chi connectivity index (χ3v) is 3.43. The first-order valence-corrected chi connectivity index (χ1v) is 6.05. The van der Waals surface area contributed by atoms with Gasteiger partial charge in [0, 0.05) is 7.11 Å². The Balaban J connectivity index is 1.71. The van der Waals surface area contributed by atoms with Crippen molar-refractivity contribution in [2.45, 2.75) is 43.6 Å². The van der Waals surface area contributed by atoms with Gasteiger partial charge in [0.2, 0.25) is 0 Å². The summed E-state index contributed by atoms with van der Waals surface area (Å²) in [5, 5.41) is 14.0. The zero-order chi connectivity index (χ0) is 13.1. The van der Waals surface area contributed by atoms with Crippen molar-refractivity contribution in [3.63, 3.8) is 0 Å². The molecule has 0 spiro atoms. The first-order chi connectivity index (χ1) is 8.60. The van der Waals surface area contributed by atoms with E-state index < -0.39 is 12.1 Å². The Morgan fingerprint density at radius 1 is 1.50 bits per heavy atom. The van der Waals surface area contributed by atoms with Gasteiger partial charge in [-0.2, -0.15) is 0 Å². The maximum atomic E-state index is 11.6. The molecule has 102 valence electrons. The molecular formula is C11H18N2O5. The molecule has 0 aliphatic carbocycles. The fourth-order valence-corrected chi connectivity index (χ4v) is 2.47. The lowest BCUT2D eigenvalue weighted by molar-refractivity contribution is -0.147. The number of aliphatic carboxylic acids is 1. The predicted molar refractivity (Wildman–Crippen MR) is 61.3 cm³/mol. The largest absolute Gasteiger partial charge is 0.479 e. The number of rotatable bonds is 5. The summed E-state index contributed by atoms with van der Waals surface area (Å²) in [7, 11) is 1.29. The summed E-state index contributed by atoms with van der Waals surface area (Å²) < 4.78 is 10.3. The maximum absolute atomic E-state index is 11.6. The topological polar surface area (TPSA) is 96.9 Å². The number of carbonyl (C=O) groups excluding carboxylic acids is 1. The van der Waals surface area contributed by atoms with Crippen molar-refractivity contribution in [3.05, 3.63) is 0 Å². The number of carboxylic acid groups (broad SMARTS) is 1. The average Bonchev–Trinajstić information content (AvgIpc) is 2.91. The van der Waals surface area contributed by atoms with Crippen molar-refractivity contribution >= 4 is 12.0 Å². The van der Waals surface area contributed by atoms with E-state index in [-0.39, 0.29) is 30.8 Å². The van der Waals surface area contributed by atoms with E-state index in [1.165, 1.54) is 7.11 Å². The number of methoxy groups -OCH3 is 1. The zero-order valence-electron chi connectivity index (χ0n) is 10.2. The van der Waals surface area contributed by atoms with Crippen LogP contribution < -0.4 is 10.6 Å². The highest BCUT2D eigenvalue weighted by atomic mass is 16.5. The summed E-state index contributed by atoms with van der Waals surface area (Å²) in [6.07, 6.45) is 2.24. The molecule has 2 amide bonds. The Morgan fingerprint density at radius 2 is 2.28 bits per heavy atom. The van der Waals surface area contributed by atoms with E-state index in [4.69, 9.17) is 14.6 Å². The van der Waals surface area contributed by atoms with E-state index in [1.54, 1.807) is 0 Å². The van der Waals surface area contributed by atoms with Crippen molar-refractivity contribution < 1.29 is 24.2 Å². The van der Waals surface area contributed by atoms with E-state index in [9.17, 15) is 9.59 Å². The molecule has 4 atom stereocenters. The van der Waals surface area contributed by atoms with E-state index in [0.717, 1.165) is 19.3 Å². The van der Waals surface area contributed by atoms with Gasteiger partial charge in [-0.3, -0.25) is 0 Å². The molecule has 18 heavy (non-hydrogen) atoms. The molecule has 2 aliphatic heterocycles. The Bertz CT molecular complexity index is 335. The van der Waals surface area contributed by atoms with Gasteiger partial charge in [0.15, 0.2) is 6.10 Å². The molecule has 4 unspecified atom stereocenters. The minimum absolute atomic E-state index is 0.0366. The van der Waals surface area contributed by atoms with Gasteiger partial charge in [0.1, 0.15) is 0 Å². The Morgan fingerprint density at radius 3 is 2.78 bits per heavy atom. The molecule has 0 aromatic heterocycles. The lowest BCUT2D eigenvalue weighted by Crippen LogP contribution is -2.49. The Kier molecular flexibility index (Phi) is 4.03. The molecule has 0 saturated carbocycles. The molecule has 2 saturated heterocycles. The molecule has 0 aromatic rings. The van der Waals surface area contributed by atoms with Crippen LogP contribution >= 0.6 is 0 Å². The average molecular weight is 258 g/mol. The van der Waals surface area contributed by atoms with Crippen molar-refractivity contribution in [2.75, 3.05) is 13.7 Å². The van der Waals surface area contributed by atoms with Crippen LogP contribution in [0.15, 0.2) is 0 Å². The highest BCUT2D eigenvalue weighted by Crippen LogP contribution is 2.34. The lowest BCUT2D eigenvalue weighted by Gasteiger charge is -2.20. The second-order valence-electron chi connectivity index (χ2n) is 4.63. The minimum Gasteiger partial charge on any atom is -0.479 e. The molecule has 2 bridgehead atoms. The van der Waals surface area contributed by atoms with E-state index in [0.29, 0.717) is 0 Å². The van der Waals surface area contributed by atoms with Crippen LogP contribution in [-0.4, -0.2) is 55.1 Å². The van der Waals surface area contributed by atoms with Crippen LogP contribution in [-0.2, 0) is 14.3 Å². The molecule has 7 nitrogen and oxygen atoms in total. The number of ether oxygens (including phenoxy) is 2. The third kappa shape index (κ3) is 2.91. The SMILES string of the molecule is COC(CNC(=O)NC1CC2CCC1O2)C(=O)O. The van der Waals surface area contributed by atoms with Gasteiger partial charge >= 0.3 is 12.0 Å². The minimum atomic E-state index is -1.10. The Labute approximate surface area is 105 Å². The quantitative estimate of drug-likeness (QED) is 0.629. The molecular weight excluding hydrogens is 240 g/mol. The molecule has 0 radical (unpaired) electrons. The first-order valence-electron chi connectivity index (χ1n) is 6.05. The molecule has 3 N–H and O–H groups in total. The summed E-state index contributed by atoms with van der Waals surface area (Å²) in [5.74, 6) is -1.10. The molecule has 2 rings (SSSR count). The number of hydrogen-bond donors (Lipinski definition) is 3. The number of hydrogen-bond acceptors (Lipinski definition) is 4. The van der Waals surface area contributed by atoms with Crippen LogP contribution in [0.25, 0.3) is 0 Å². The number of urea groups is 1. The normalized spacial score (nSPS) is 31.1. The standard InChI is InChI=1S/C11H18N2O5/c1-17-9(10(14)15)5-12-11(16)13-7-4-6-2-3-8(7)18-6/h6-9H,2-5H2,1H3,(H,14,15)(H2,12,13,16). The van der Waals surface area contributed by atoms with Gasteiger partial charge in [0.25, 0.3) is 0 Å². The zero-order valence-corrected chi connectivity index (χ0v) is 10.2. The number of carboxylic acids is 1. The molecule has 2 heterocycles. The van der Waals surface area contributed by atoms with Crippen LogP contribution in [0.5, 0.6) is 0 Å². The smallest absolute Gasteiger partial charge is 0.334 e. The highest BCUT2D eigenvalue weighted by molar-refractivity contribution is 5.77. The number of carbonyl (C=O) groups is 2. The van der Waals surface area contributed by atoms with Crippen LogP contribution in [0.2, 0.25) is 0 Å².